The standard InChI is InChI=1S/C14H22N4O/c1-10(2)17(3)7-8-18-13-6-5-11(19-4)9-12(13)16-14(18)15/h5-6,9-10H,7-8H2,1-4H3,(H2,15,16). The van der Waals surface area contributed by atoms with Crippen molar-refractivity contribution in [2.45, 2.75) is 26.4 Å². The number of nitrogens with two attached hydrogens (primary N) is 1. The van der Waals surface area contributed by atoms with Crippen LogP contribution in [0.25, 0.3) is 11.0 Å². The first-order chi connectivity index (χ1) is 9.02. The van der Waals surface area contributed by atoms with Crippen molar-refractivity contribution in [3.8, 4) is 5.75 Å². The number of hydrogen-bond donors (Lipinski definition) is 1. The minimum atomic E-state index is 0.524. The summed E-state index contributed by atoms with van der Waals surface area (Å²) in [6.45, 7) is 6.14. The van der Waals surface area contributed by atoms with E-state index in [1.54, 1.807) is 7.11 Å². The number of rotatable bonds is 5. The predicted molar refractivity (Wildman–Crippen MR) is 78.5 cm³/mol. The number of aromatic nitrogens is 2. The highest BCUT2D eigenvalue weighted by Gasteiger charge is 2.10. The molecule has 0 saturated heterocycles. The highest BCUT2D eigenvalue weighted by molar-refractivity contribution is 5.79. The average molecular weight is 262 g/mol. The Morgan fingerprint density at radius 3 is 2.79 bits per heavy atom. The monoisotopic (exact) mass is 262 g/mol. The van der Waals surface area contributed by atoms with Gasteiger partial charge in [0.15, 0.2) is 0 Å². The Labute approximate surface area is 114 Å². The van der Waals surface area contributed by atoms with Gasteiger partial charge in [0.2, 0.25) is 5.95 Å². The molecule has 0 unspecified atom stereocenters. The van der Waals surface area contributed by atoms with Crippen LogP contribution in [0.15, 0.2) is 18.2 Å². The Balaban J connectivity index is 2.25. The van der Waals surface area contributed by atoms with Crippen LogP contribution in [0, 0.1) is 0 Å². The van der Waals surface area contributed by atoms with Crippen molar-refractivity contribution in [2.75, 3.05) is 26.4 Å². The number of nitrogens with zero attached hydrogens (tertiary/aromatic N) is 3. The second-order valence-electron chi connectivity index (χ2n) is 5.05. The maximum Gasteiger partial charge on any atom is 0.201 e. The average Bonchev–Trinajstić information content (AvgIpc) is 2.70. The zero-order valence-corrected chi connectivity index (χ0v) is 12.1. The van der Waals surface area contributed by atoms with Crippen molar-refractivity contribution in [1.82, 2.24) is 14.5 Å². The van der Waals surface area contributed by atoms with Crippen molar-refractivity contribution in [2.24, 2.45) is 0 Å². The Bertz CT molecular complexity index is 562. The molecule has 2 aromatic rings. The molecule has 0 radical (unpaired) electrons. The molecular weight excluding hydrogens is 240 g/mol. The Morgan fingerprint density at radius 2 is 2.16 bits per heavy atom. The molecular formula is C14H22N4O. The van der Waals surface area contributed by atoms with Gasteiger partial charge in [0.25, 0.3) is 0 Å². The van der Waals surface area contributed by atoms with E-state index >= 15 is 0 Å². The summed E-state index contributed by atoms with van der Waals surface area (Å²) in [4.78, 5) is 6.67. The van der Waals surface area contributed by atoms with Crippen molar-refractivity contribution < 1.29 is 4.74 Å². The van der Waals surface area contributed by atoms with Crippen LogP contribution >= 0.6 is 0 Å². The molecule has 0 atom stereocenters. The van der Waals surface area contributed by atoms with E-state index in [1.807, 2.05) is 22.8 Å². The normalized spacial score (nSPS) is 11.7. The zero-order chi connectivity index (χ0) is 14.0. The van der Waals surface area contributed by atoms with Crippen LogP contribution in [0.2, 0.25) is 0 Å². The predicted octanol–water partition coefficient (Wildman–Crippen LogP) is 1.97. The summed E-state index contributed by atoms with van der Waals surface area (Å²) in [5.41, 5.74) is 7.93. The smallest absolute Gasteiger partial charge is 0.201 e. The first kappa shape index (κ1) is 13.7. The quantitative estimate of drug-likeness (QED) is 0.895. The third-order valence-corrected chi connectivity index (χ3v) is 3.54. The number of likely N-dealkylation sites (N-methyl/N-ethyl adjacent to an activating group) is 1. The molecule has 0 saturated carbocycles. The molecule has 0 amide bonds. The summed E-state index contributed by atoms with van der Waals surface area (Å²) in [5, 5.41) is 0. The molecule has 1 aromatic heterocycles. The lowest BCUT2D eigenvalue weighted by molar-refractivity contribution is 0.264. The van der Waals surface area contributed by atoms with Crippen LogP contribution in [0.5, 0.6) is 5.75 Å². The molecule has 0 bridgehead atoms. The zero-order valence-electron chi connectivity index (χ0n) is 12.1. The fourth-order valence-corrected chi connectivity index (χ4v) is 2.01. The second-order valence-corrected chi connectivity index (χ2v) is 5.05. The highest BCUT2D eigenvalue weighted by atomic mass is 16.5. The molecule has 0 spiro atoms. The molecule has 104 valence electrons. The largest absolute Gasteiger partial charge is 0.497 e. The molecule has 5 heteroatoms. The maximum absolute atomic E-state index is 6.00. The molecule has 0 aliphatic rings. The number of hydrogen-bond acceptors (Lipinski definition) is 4. The van der Waals surface area contributed by atoms with E-state index in [0.717, 1.165) is 29.9 Å². The Kier molecular flexibility index (Phi) is 3.95. The third-order valence-electron chi connectivity index (χ3n) is 3.54. The van der Waals surface area contributed by atoms with Gasteiger partial charge in [0, 0.05) is 25.2 Å². The number of ether oxygens (including phenoxy) is 1. The van der Waals surface area contributed by atoms with Gasteiger partial charge in [-0.2, -0.15) is 0 Å². The molecule has 1 aromatic carbocycles. The van der Waals surface area contributed by atoms with Crippen LogP contribution in [0.4, 0.5) is 5.95 Å². The molecule has 0 aliphatic carbocycles. The van der Waals surface area contributed by atoms with E-state index in [9.17, 15) is 0 Å². The van der Waals surface area contributed by atoms with E-state index in [0.29, 0.717) is 12.0 Å². The topological polar surface area (TPSA) is 56.3 Å². The first-order valence-electron chi connectivity index (χ1n) is 6.53. The van der Waals surface area contributed by atoms with Gasteiger partial charge in [0.05, 0.1) is 18.1 Å². The fraction of sp³-hybridized carbons (Fsp3) is 0.500. The number of methoxy groups -OCH3 is 1. The maximum atomic E-state index is 6.00. The minimum Gasteiger partial charge on any atom is -0.497 e. The van der Waals surface area contributed by atoms with Gasteiger partial charge in [-0.1, -0.05) is 0 Å². The van der Waals surface area contributed by atoms with E-state index < -0.39 is 0 Å². The van der Waals surface area contributed by atoms with E-state index in [1.165, 1.54) is 0 Å². The molecule has 0 fully saturated rings. The molecule has 1 heterocycles. The van der Waals surface area contributed by atoms with Crippen molar-refractivity contribution in [3.63, 3.8) is 0 Å². The summed E-state index contributed by atoms with van der Waals surface area (Å²) in [5.74, 6) is 1.36. The van der Waals surface area contributed by atoms with Gasteiger partial charge in [-0.05, 0) is 33.0 Å². The third kappa shape index (κ3) is 2.81. The summed E-state index contributed by atoms with van der Waals surface area (Å²) in [6.07, 6.45) is 0. The Morgan fingerprint density at radius 1 is 1.42 bits per heavy atom. The lowest BCUT2D eigenvalue weighted by atomic mass is 10.3. The lowest BCUT2D eigenvalue weighted by Gasteiger charge is -2.21. The first-order valence-corrected chi connectivity index (χ1v) is 6.53. The van der Waals surface area contributed by atoms with E-state index in [4.69, 9.17) is 10.5 Å². The second kappa shape index (κ2) is 5.48. The van der Waals surface area contributed by atoms with Crippen LogP contribution in [0.3, 0.4) is 0 Å². The van der Waals surface area contributed by atoms with Crippen molar-refractivity contribution >= 4 is 17.0 Å². The summed E-state index contributed by atoms with van der Waals surface area (Å²) < 4.78 is 7.25. The van der Waals surface area contributed by atoms with E-state index in [2.05, 4.69) is 30.8 Å². The minimum absolute atomic E-state index is 0.524. The van der Waals surface area contributed by atoms with E-state index in [-0.39, 0.29) is 0 Å². The molecule has 19 heavy (non-hydrogen) atoms. The molecule has 2 rings (SSSR count). The SMILES string of the molecule is COc1ccc2c(c1)nc(N)n2CCN(C)C(C)C. The lowest BCUT2D eigenvalue weighted by Crippen LogP contribution is -2.29. The number of imidazole rings is 1. The summed E-state index contributed by atoms with van der Waals surface area (Å²) >= 11 is 0. The van der Waals surface area contributed by atoms with Gasteiger partial charge in [0.1, 0.15) is 5.75 Å². The van der Waals surface area contributed by atoms with Crippen molar-refractivity contribution in [1.29, 1.82) is 0 Å². The van der Waals surface area contributed by atoms with Gasteiger partial charge in [-0.3, -0.25) is 0 Å². The number of benzene rings is 1. The summed E-state index contributed by atoms with van der Waals surface area (Å²) in [7, 11) is 3.77. The molecule has 2 N–H and O–H groups in total. The van der Waals surface area contributed by atoms with Crippen LogP contribution in [0.1, 0.15) is 13.8 Å². The number of anilines is 1. The molecule has 0 aliphatic heterocycles. The highest BCUT2D eigenvalue weighted by Crippen LogP contribution is 2.22. The van der Waals surface area contributed by atoms with Gasteiger partial charge >= 0.3 is 0 Å². The Hall–Kier alpha value is -1.75. The van der Waals surface area contributed by atoms with Crippen LogP contribution in [-0.4, -0.2) is 41.2 Å². The van der Waals surface area contributed by atoms with Crippen molar-refractivity contribution in [3.05, 3.63) is 18.2 Å². The van der Waals surface area contributed by atoms with Crippen LogP contribution < -0.4 is 10.5 Å². The van der Waals surface area contributed by atoms with Gasteiger partial charge < -0.3 is 19.9 Å². The van der Waals surface area contributed by atoms with Gasteiger partial charge in [-0.15, -0.1) is 0 Å². The van der Waals surface area contributed by atoms with Crippen LogP contribution in [-0.2, 0) is 6.54 Å². The number of fused-ring (bicyclic) bond motifs is 1. The fourth-order valence-electron chi connectivity index (χ4n) is 2.01. The van der Waals surface area contributed by atoms with Gasteiger partial charge in [-0.25, -0.2) is 4.98 Å². The number of nitrogen functional groups attached to an aromatic ring is 1. The summed E-state index contributed by atoms with van der Waals surface area (Å²) in [6, 6.07) is 6.38. The molecule has 5 nitrogen and oxygen atoms in total.